The largest absolute Gasteiger partial charge is 0.378 e. The Balaban J connectivity index is 1.36. The van der Waals surface area contributed by atoms with E-state index in [2.05, 4.69) is 15.2 Å². The van der Waals surface area contributed by atoms with Gasteiger partial charge in [-0.1, -0.05) is 18.2 Å². The third kappa shape index (κ3) is 3.70. The number of hydrogen-bond donors (Lipinski definition) is 1. The number of morpholine rings is 1. The molecule has 1 saturated heterocycles. The van der Waals surface area contributed by atoms with Crippen molar-refractivity contribution in [3.63, 3.8) is 0 Å². The summed E-state index contributed by atoms with van der Waals surface area (Å²) in [7, 11) is 0. The summed E-state index contributed by atoms with van der Waals surface area (Å²) < 4.78 is 18.4. The smallest absolute Gasteiger partial charge is 0.224 e. The molecule has 2 aromatic rings. The first-order valence-corrected chi connectivity index (χ1v) is 9.02. The van der Waals surface area contributed by atoms with Crippen LogP contribution in [0.2, 0.25) is 0 Å². The minimum Gasteiger partial charge on any atom is -0.378 e. The molecule has 2 heterocycles. The fourth-order valence-electron chi connectivity index (χ4n) is 3.50. The van der Waals surface area contributed by atoms with Crippen LogP contribution < -0.4 is 10.2 Å². The van der Waals surface area contributed by atoms with E-state index < -0.39 is 0 Å². The van der Waals surface area contributed by atoms with E-state index in [1.807, 2.05) is 12.1 Å². The summed E-state index contributed by atoms with van der Waals surface area (Å²) in [5.41, 5.74) is 2.05. The Morgan fingerprint density at radius 3 is 2.77 bits per heavy atom. The summed E-state index contributed by atoms with van der Waals surface area (Å²) >= 11 is 0. The Morgan fingerprint density at radius 1 is 1.23 bits per heavy atom. The predicted octanol–water partition coefficient (Wildman–Crippen LogP) is 2.48. The molecule has 0 radical (unpaired) electrons. The molecule has 0 spiro atoms. The van der Waals surface area contributed by atoms with Gasteiger partial charge in [-0.05, 0) is 36.1 Å². The molecule has 0 bridgehead atoms. The first kappa shape index (κ1) is 17.0. The number of amides is 1. The molecule has 2 aliphatic rings. The number of nitrogens with zero attached hydrogens (tertiary/aromatic N) is 2. The topological polar surface area (TPSA) is 54.5 Å². The molecule has 6 heteroatoms. The van der Waals surface area contributed by atoms with Crippen molar-refractivity contribution >= 4 is 11.7 Å². The maximum Gasteiger partial charge on any atom is 0.224 e. The molecule has 5 nitrogen and oxygen atoms in total. The third-order valence-electron chi connectivity index (χ3n) is 5.06. The van der Waals surface area contributed by atoms with Gasteiger partial charge in [0.2, 0.25) is 5.91 Å². The summed E-state index contributed by atoms with van der Waals surface area (Å²) in [6, 6.07) is 10.3. The van der Waals surface area contributed by atoms with E-state index in [9.17, 15) is 9.18 Å². The van der Waals surface area contributed by atoms with Gasteiger partial charge in [0.25, 0.3) is 0 Å². The highest BCUT2D eigenvalue weighted by Gasteiger charge is 2.43. The van der Waals surface area contributed by atoms with Gasteiger partial charge in [0.1, 0.15) is 11.6 Å². The molecule has 136 valence electrons. The van der Waals surface area contributed by atoms with Crippen molar-refractivity contribution in [2.24, 2.45) is 5.92 Å². The number of hydrogen-bond acceptors (Lipinski definition) is 4. The summed E-state index contributed by atoms with van der Waals surface area (Å²) in [5, 5.41) is 3.04. The molecule has 2 unspecified atom stereocenters. The molecule has 2 atom stereocenters. The van der Waals surface area contributed by atoms with E-state index in [-0.39, 0.29) is 23.6 Å². The van der Waals surface area contributed by atoms with E-state index in [1.54, 1.807) is 18.3 Å². The standard InChI is InChI=1S/C20H22FN3O2/c21-16-5-3-14(4-6-16)17-12-18(17)20(25)23-13-15-2-1-7-22-19(15)24-8-10-26-11-9-24/h1-7,17-18H,8-13H2,(H,23,25). The van der Waals surface area contributed by atoms with Gasteiger partial charge < -0.3 is 15.0 Å². The zero-order chi connectivity index (χ0) is 17.9. The molecular formula is C20H22FN3O2. The Morgan fingerprint density at radius 2 is 2.00 bits per heavy atom. The quantitative estimate of drug-likeness (QED) is 0.895. The van der Waals surface area contributed by atoms with E-state index in [4.69, 9.17) is 4.74 Å². The number of carbonyl (C=O) groups is 1. The number of benzene rings is 1. The number of halogens is 1. The normalized spacial score (nSPS) is 22.1. The van der Waals surface area contributed by atoms with Crippen LogP contribution in [0.15, 0.2) is 42.6 Å². The molecule has 1 saturated carbocycles. The number of aromatic nitrogens is 1. The zero-order valence-electron chi connectivity index (χ0n) is 14.5. The van der Waals surface area contributed by atoms with Gasteiger partial charge in [-0.15, -0.1) is 0 Å². The fourth-order valence-corrected chi connectivity index (χ4v) is 3.50. The lowest BCUT2D eigenvalue weighted by molar-refractivity contribution is -0.122. The van der Waals surface area contributed by atoms with Crippen LogP contribution in [0.1, 0.15) is 23.5 Å². The average Bonchev–Trinajstić information content (AvgIpc) is 3.48. The predicted molar refractivity (Wildman–Crippen MR) is 96.4 cm³/mol. The van der Waals surface area contributed by atoms with Gasteiger partial charge in [0.15, 0.2) is 0 Å². The average molecular weight is 355 g/mol. The molecule has 4 rings (SSSR count). The number of carbonyl (C=O) groups excluding carboxylic acids is 1. The molecule has 1 aromatic heterocycles. The van der Waals surface area contributed by atoms with Gasteiger partial charge in [0.05, 0.1) is 13.2 Å². The van der Waals surface area contributed by atoms with Crippen LogP contribution in [0, 0.1) is 11.7 Å². The minimum atomic E-state index is -0.248. The lowest BCUT2D eigenvalue weighted by Gasteiger charge is -2.29. The van der Waals surface area contributed by atoms with Crippen LogP contribution in [0.25, 0.3) is 0 Å². The first-order chi connectivity index (χ1) is 12.7. The van der Waals surface area contributed by atoms with Gasteiger partial charge in [-0.25, -0.2) is 9.37 Å². The van der Waals surface area contributed by atoms with Gasteiger partial charge in [0, 0.05) is 37.3 Å². The second-order valence-corrected chi connectivity index (χ2v) is 6.80. The minimum absolute atomic E-state index is 0.0241. The van der Waals surface area contributed by atoms with Crippen molar-refractivity contribution < 1.29 is 13.9 Å². The maximum atomic E-state index is 13.0. The summed E-state index contributed by atoms with van der Waals surface area (Å²) in [6.07, 6.45) is 2.60. The second-order valence-electron chi connectivity index (χ2n) is 6.80. The van der Waals surface area contributed by atoms with Crippen LogP contribution in [0.4, 0.5) is 10.2 Å². The molecule has 1 amide bonds. The van der Waals surface area contributed by atoms with E-state index >= 15 is 0 Å². The van der Waals surface area contributed by atoms with Crippen molar-refractivity contribution in [2.75, 3.05) is 31.2 Å². The first-order valence-electron chi connectivity index (χ1n) is 9.02. The number of ether oxygens (including phenoxy) is 1. The SMILES string of the molecule is O=C(NCc1cccnc1N1CCOCC1)C1CC1c1ccc(F)cc1. The van der Waals surface area contributed by atoms with Crippen LogP contribution in [-0.2, 0) is 16.1 Å². The second kappa shape index (κ2) is 7.41. The Bertz CT molecular complexity index is 775. The van der Waals surface area contributed by atoms with Crippen LogP contribution in [0.3, 0.4) is 0 Å². The van der Waals surface area contributed by atoms with Crippen LogP contribution in [-0.4, -0.2) is 37.2 Å². The van der Waals surface area contributed by atoms with Gasteiger partial charge in [-0.3, -0.25) is 4.79 Å². The van der Waals surface area contributed by atoms with Crippen molar-refractivity contribution in [3.05, 3.63) is 59.5 Å². The molecule has 26 heavy (non-hydrogen) atoms. The maximum absolute atomic E-state index is 13.0. The van der Waals surface area contributed by atoms with Crippen LogP contribution >= 0.6 is 0 Å². The van der Waals surface area contributed by atoms with E-state index in [1.165, 1.54) is 12.1 Å². The molecule has 1 aliphatic carbocycles. The molecule has 2 fully saturated rings. The monoisotopic (exact) mass is 355 g/mol. The lowest BCUT2D eigenvalue weighted by atomic mass is 10.1. The van der Waals surface area contributed by atoms with Crippen molar-refractivity contribution in [3.8, 4) is 0 Å². The van der Waals surface area contributed by atoms with Crippen LogP contribution in [0.5, 0.6) is 0 Å². The fraction of sp³-hybridized carbons (Fsp3) is 0.400. The molecule has 1 aliphatic heterocycles. The highest BCUT2D eigenvalue weighted by atomic mass is 19.1. The third-order valence-corrected chi connectivity index (χ3v) is 5.06. The highest BCUT2D eigenvalue weighted by molar-refractivity contribution is 5.83. The molecular weight excluding hydrogens is 333 g/mol. The number of nitrogens with one attached hydrogen (secondary N) is 1. The number of anilines is 1. The van der Waals surface area contributed by atoms with Crippen molar-refractivity contribution in [1.29, 1.82) is 0 Å². The van der Waals surface area contributed by atoms with Gasteiger partial charge in [-0.2, -0.15) is 0 Å². The lowest BCUT2D eigenvalue weighted by Crippen LogP contribution is -2.38. The number of pyridine rings is 1. The summed E-state index contributed by atoms with van der Waals surface area (Å²) in [6.45, 7) is 3.49. The molecule has 1 N–H and O–H groups in total. The van der Waals surface area contributed by atoms with Crippen molar-refractivity contribution in [2.45, 2.75) is 18.9 Å². The van der Waals surface area contributed by atoms with Crippen molar-refractivity contribution in [1.82, 2.24) is 10.3 Å². The van der Waals surface area contributed by atoms with E-state index in [0.717, 1.165) is 36.5 Å². The van der Waals surface area contributed by atoms with Gasteiger partial charge >= 0.3 is 0 Å². The summed E-state index contributed by atoms with van der Waals surface area (Å²) in [5.74, 6) is 0.896. The highest BCUT2D eigenvalue weighted by Crippen LogP contribution is 2.47. The van der Waals surface area contributed by atoms with E-state index in [0.29, 0.717) is 19.8 Å². The number of rotatable bonds is 5. The Kier molecular flexibility index (Phi) is 4.84. The Hall–Kier alpha value is -2.47. The summed E-state index contributed by atoms with van der Waals surface area (Å²) in [4.78, 5) is 19.2. The molecule has 1 aromatic carbocycles. The zero-order valence-corrected chi connectivity index (χ0v) is 14.5. The Labute approximate surface area is 152 Å².